The first-order chi connectivity index (χ1) is 25.0. The summed E-state index contributed by atoms with van der Waals surface area (Å²) in [6, 6.07) is 33.7. The van der Waals surface area contributed by atoms with Crippen LogP contribution in [0.4, 0.5) is 0 Å². The first-order valence-corrected chi connectivity index (χ1v) is 20.8. The Morgan fingerprint density at radius 3 is 1.47 bits per heavy atom. The molecule has 55 heavy (non-hydrogen) atoms. The first-order valence-electron chi connectivity index (χ1n) is 19.5. The summed E-state index contributed by atoms with van der Waals surface area (Å²) >= 11 is 1.55. The molecule has 0 heterocycles. The third-order valence-electron chi connectivity index (χ3n) is 11.4. The maximum absolute atomic E-state index is 3.26. The van der Waals surface area contributed by atoms with Gasteiger partial charge in [0, 0.05) is 0 Å². The van der Waals surface area contributed by atoms with E-state index in [0.29, 0.717) is 11.3 Å². The fourth-order valence-electron chi connectivity index (χ4n) is 7.93. The molecular formula is C52H58Cl2Zr-2. The predicted octanol–water partition coefficient (Wildman–Crippen LogP) is 8.05. The van der Waals surface area contributed by atoms with Crippen LogP contribution in [0.1, 0.15) is 115 Å². The summed E-state index contributed by atoms with van der Waals surface area (Å²) in [5.41, 5.74) is 13.7. The molecule has 0 spiro atoms. The molecule has 0 N–H and O–H groups in total. The van der Waals surface area contributed by atoms with E-state index in [2.05, 4.69) is 191 Å². The van der Waals surface area contributed by atoms with Gasteiger partial charge in [-0.05, 0) is 59.8 Å². The van der Waals surface area contributed by atoms with Crippen LogP contribution in [0.3, 0.4) is 0 Å². The van der Waals surface area contributed by atoms with Crippen molar-refractivity contribution in [2.24, 2.45) is 11.3 Å². The number of halogens is 2. The number of hydrogen-bond donors (Lipinski definition) is 0. The average Bonchev–Trinajstić information content (AvgIpc) is 3.72. The summed E-state index contributed by atoms with van der Waals surface area (Å²) < 4.78 is 1.60. The number of benzene rings is 4. The van der Waals surface area contributed by atoms with Crippen molar-refractivity contribution in [3.05, 3.63) is 160 Å². The zero-order chi connectivity index (χ0) is 38.1. The van der Waals surface area contributed by atoms with Crippen LogP contribution in [-0.4, -0.2) is 3.21 Å². The molecule has 3 heteroatoms. The molecule has 0 saturated heterocycles. The Hall–Kier alpha value is -2.96. The third-order valence-corrected chi connectivity index (χ3v) is 12.3. The zero-order valence-electron chi connectivity index (χ0n) is 34.6. The second-order valence-corrected chi connectivity index (χ2v) is 19.7. The van der Waals surface area contributed by atoms with Gasteiger partial charge in [-0.25, -0.2) is 6.08 Å². The van der Waals surface area contributed by atoms with Gasteiger partial charge in [0.05, 0.1) is 0 Å². The SMILES string of the molecule is CC1=CCC(C)(C)c2cc3[cH-]c4cc5c(cc4c3cc21)C(C)=CCC5(C)C.CC1[C-]=CC(C(C)(C)C)=C1.[Cl-].[Cl-].[Zr+2]=[C](Cc1ccccc1)Cc1ccccc1. The molecule has 0 nitrogen and oxygen atoms in total. The molecule has 0 aromatic heterocycles. The van der Waals surface area contributed by atoms with Gasteiger partial charge in [-0.15, -0.1) is 39.7 Å². The van der Waals surface area contributed by atoms with Gasteiger partial charge in [0.15, 0.2) is 0 Å². The van der Waals surface area contributed by atoms with Crippen molar-refractivity contribution in [1.29, 1.82) is 0 Å². The van der Waals surface area contributed by atoms with Crippen molar-refractivity contribution < 1.29 is 49.0 Å². The zero-order valence-corrected chi connectivity index (χ0v) is 38.6. The van der Waals surface area contributed by atoms with E-state index in [1.807, 2.05) is 0 Å². The minimum absolute atomic E-state index is 0. The molecular weight excluding hydrogens is 787 g/mol. The Morgan fingerprint density at radius 2 is 1.13 bits per heavy atom. The Labute approximate surface area is 359 Å². The number of rotatable bonds is 4. The molecule has 0 fully saturated rings. The van der Waals surface area contributed by atoms with E-state index in [9.17, 15) is 0 Å². The average molecular weight is 845 g/mol. The molecule has 5 aromatic carbocycles. The summed E-state index contributed by atoms with van der Waals surface area (Å²) in [7, 11) is 0. The van der Waals surface area contributed by atoms with E-state index in [-0.39, 0.29) is 35.6 Å². The van der Waals surface area contributed by atoms with Crippen LogP contribution in [0.25, 0.3) is 32.7 Å². The van der Waals surface area contributed by atoms with Crippen LogP contribution in [-0.2, 0) is 47.9 Å². The van der Waals surface area contributed by atoms with Gasteiger partial charge in [-0.1, -0.05) is 102 Å². The van der Waals surface area contributed by atoms with E-state index < -0.39 is 0 Å². The van der Waals surface area contributed by atoms with E-state index in [1.54, 1.807) is 27.4 Å². The van der Waals surface area contributed by atoms with Crippen LogP contribution in [0, 0.1) is 17.4 Å². The molecule has 0 aliphatic heterocycles. The molecule has 5 aromatic rings. The molecule has 1 unspecified atom stereocenters. The number of hydrogen-bond acceptors (Lipinski definition) is 0. The van der Waals surface area contributed by atoms with Crippen molar-refractivity contribution >= 4 is 35.9 Å². The van der Waals surface area contributed by atoms with E-state index >= 15 is 0 Å². The summed E-state index contributed by atoms with van der Waals surface area (Å²) in [6.07, 6.45) is 17.0. The molecule has 0 saturated carbocycles. The molecule has 0 bridgehead atoms. The first kappa shape index (κ1) is 44.8. The summed E-state index contributed by atoms with van der Waals surface area (Å²) in [5, 5.41) is 5.61. The summed E-state index contributed by atoms with van der Waals surface area (Å²) in [4.78, 5) is 0. The van der Waals surface area contributed by atoms with Crippen LogP contribution < -0.4 is 24.8 Å². The fourth-order valence-corrected chi connectivity index (χ4v) is 8.94. The van der Waals surface area contributed by atoms with Gasteiger partial charge in [-0.3, -0.25) is 6.08 Å². The second-order valence-electron chi connectivity index (χ2n) is 18.0. The number of allylic oxidation sites excluding steroid dienone is 8. The molecule has 8 rings (SSSR count). The number of fused-ring (bicyclic) bond motifs is 5. The third kappa shape index (κ3) is 10.5. The van der Waals surface area contributed by atoms with Gasteiger partial charge >= 0.3 is 112 Å². The van der Waals surface area contributed by atoms with Crippen LogP contribution in [0.15, 0.2) is 121 Å². The molecule has 3 aliphatic rings. The molecule has 286 valence electrons. The van der Waals surface area contributed by atoms with Gasteiger partial charge in [0.25, 0.3) is 0 Å². The Morgan fingerprint density at radius 1 is 0.709 bits per heavy atom. The van der Waals surface area contributed by atoms with Crippen LogP contribution in [0.5, 0.6) is 0 Å². The fraction of sp³-hybridized carbons (Fsp3) is 0.346. The van der Waals surface area contributed by atoms with E-state index in [1.165, 1.54) is 71.6 Å². The van der Waals surface area contributed by atoms with Crippen molar-refractivity contribution in [2.45, 2.75) is 106 Å². The molecule has 0 radical (unpaired) electrons. The second kappa shape index (κ2) is 18.1. The summed E-state index contributed by atoms with van der Waals surface area (Å²) in [6.45, 7) is 22.9. The van der Waals surface area contributed by atoms with Gasteiger partial charge < -0.3 is 24.8 Å². The van der Waals surface area contributed by atoms with Gasteiger partial charge in [-0.2, -0.15) is 11.6 Å². The minimum atomic E-state index is 0. The van der Waals surface area contributed by atoms with Crippen molar-refractivity contribution in [3.8, 4) is 0 Å². The van der Waals surface area contributed by atoms with Crippen molar-refractivity contribution in [1.82, 2.24) is 0 Å². The van der Waals surface area contributed by atoms with Crippen molar-refractivity contribution in [3.63, 3.8) is 0 Å². The van der Waals surface area contributed by atoms with Crippen LogP contribution in [0.2, 0.25) is 0 Å². The van der Waals surface area contributed by atoms with Crippen molar-refractivity contribution in [2.75, 3.05) is 0 Å². The molecule has 0 amide bonds. The Balaban J connectivity index is 0.000000205. The van der Waals surface area contributed by atoms with E-state index in [0.717, 1.165) is 25.7 Å². The normalized spacial score (nSPS) is 17.5. The Bertz CT molecular complexity index is 2110. The quantitative estimate of drug-likeness (QED) is 0.161. The topological polar surface area (TPSA) is 0 Å². The van der Waals surface area contributed by atoms with Gasteiger partial charge in [0.2, 0.25) is 0 Å². The van der Waals surface area contributed by atoms with Gasteiger partial charge in [0.1, 0.15) is 0 Å². The standard InChI is InChI=1S/C27H29.C15H14.C10H15.2ClH.Zr/c1-16-7-9-26(3,4)24-12-18-11-19-13-25-21(17(2)8-10-27(25,5)6)15-23(19)22(18)14-20(16)24;1-3-8-14(9-4-1)12-7-13-15-10-5-2-6-11-15;1-8-5-6-9(7-8)10(2,3)4;;;/h7-8,11-15H,9-10H2,1-6H3;1-6,8-11H,12-13H2;6-8H,1-4H3;2*1H;/q-1;;-1;;;+2/p-2. The predicted molar refractivity (Wildman–Crippen MR) is 229 cm³/mol. The van der Waals surface area contributed by atoms with E-state index in [4.69, 9.17) is 0 Å². The summed E-state index contributed by atoms with van der Waals surface area (Å²) in [5.74, 6) is 0.522. The monoisotopic (exact) mass is 842 g/mol. The Kier molecular flexibility index (Phi) is 14.7. The maximum atomic E-state index is 3.26. The molecule has 1 atom stereocenters. The molecule has 3 aliphatic carbocycles. The van der Waals surface area contributed by atoms with Crippen LogP contribution >= 0.6 is 0 Å².